The molecule has 5 nitrogen and oxygen atoms in total. The number of aliphatic carboxylic acids is 1. The van der Waals surface area contributed by atoms with Crippen LogP contribution in [0.1, 0.15) is 13.3 Å². The van der Waals surface area contributed by atoms with E-state index in [2.05, 4.69) is 0 Å². The van der Waals surface area contributed by atoms with E-state index < -0.39 is 11.9 Å². The number of hydrogen-bond donors (Lipinski definition) is 1. The number of carbonyl (C=O) groups is 2. The molecular formula is C9H16N2O3. The summed E-state index contributed by atoms with van der Waals surface area (Å²) >= 11 is 0. The molecule has 0 aromatic carbocycles. The van der Waals surface area contributed by atoms with Crippen LogP contribution in [0, 0.1) is 5.92 Å². The molecule has 1 N–H and O–H groups in total. The number of urea groups is 1. The monoisotopic (exact) mass is 200 g/mol. The molecule has 0 radical (unpaired) electrons. The average Bonchev–Trinajstić information content (AvgIpc) is 2.01. The van der Waals surface area contributed by atoms with E-state index in [0.29, 0.717) is 6.54 Å². The van der Waals surface area contributed by atoms with Crippen molar-refractivity contribution >= 4 is 12.0 Å². The highest BCUT2D eigenvalue weighted by Crippen LogP contribution is 2.25. The number of nitrogens with zero attached hydrogens (tertiary/aromatic N) is 2. The minimum atomic E-state index is -0.841. The van der Waals surface area contributed by atoms with E-state index in [0.717, 1.165) is 6.42 Å². The lowest BCUT2D eigenvalue weighted by Gasteiger charge is -2.44. The molecule has 14 heavy (non-hydrogen) atoms. The highest BCUT2D eigenvalue weighted by atomic mass is 16.4. The number of carbonyl (C=O) groups excluding carboxylic acids is 1. The molecule has 1 heterocycles. The molecule has 0 spiro atoms. The quantitative estimate of drug-likeness (QED) is 0.704. The first-order valence-electron chi connectivity index (χ1n) is 4.66. The molecular weight excluding hydrogens is 184 g/mol. The number of rotatable bonds is 2. The van der Waals surface area contributed by atoms with Crippen LogP contribution in [-0.4, -0.2) is 53.6 Å². The molecule has 0 aromatic rings. The molecule has 80 valence electrons. The van der Waals surface area contributed by atoms with Gasteiger partial charge >= 0.3 is 12.0 Å². The summed E-state index contributed by atoms with van der Waals surface area (Å²) in [5, 5.41) is 8.80. The second-order valence-electron chi connectivity index (χ2n) is 3.85. The summed E-state index contributed by atoms with van der Waals surface area (Å²) in [6.07, 6.45) is 0.785. The van der Waals surface area contributed by atoms with Crippen molar-refractivity contribution < 1.29 is 14.7 Å². The summed E-state index contributed by atoms with van der Waals surface area (Å²) in [5.74, 6) is -1.32. The molecule has 5 heteroatoms. The zero-order valence-corrected chi connectivity index (χ0v) is 8.73. The van der Waals surface area contributed by atoms with E-state index in [9.17, 15) is 9.59 Å². The van der Waals surface area contributed by atoms with Crippen LogP contribution in [0.3, 0.4) is 0 Å². The van der Waals surface area contributed by atoms with Crippen molar-refractivity contribution in [1.82, 2.24) is 9.80 Å². The molecule has 1 fully saturated rings. The molecule has 2 atom stereocenters. The van der Waals surface area contributed by atoms with Crippen molar-refractivity contribution in [3.8, 4) is 0 Å². The van der Waals surface area contributed by atoms with Crippen LogP contribution in [0.5, 0.6) is 0 Å². The molecule has 2 amide bonds. The third-order valence-electron chi connectivity index (χ3n) is 2.66. The molecule has 1 aliphatic heterocycles. The lowest BCUT2D eigenvalue weighted by Crippen LogP contribution is -2.58. The molecule has 1 aliphatic rings. The van der Waals surface area contributed by atoms with Crippen LogP contribution in [-0.2, 0) is 4.79 Å². The largest absolute Gasteiger partial charge is 0.481 e. The smallest absolute Gasteiger partial charge is 0.319 e. The fourth-order valence-corrected chi connectivity index (χ4v) is 1.59. The zero-order valence-electron chi connectivity index (χ0n) is 8.73. The Morgan fingerprint density at radius 2 is 2.07 bits per heavy atom. The topological polar surface area (TPSA) is 60.9 Å². The van der Waals surface area contributed by atoms with E-state index in [4.69, 9.17) is 5.11 Å². The molecule has 1 rings (SSSR count). The van der Waals surface area contributed by atoms with E-state index in [1.165, 1.54) is 4.90 Å². The molecule has 0 bridgehead atoms. The van der Waals surface area contributed by atoms with Gasteiger partial charge in [0.2, 0.25) is 0 Å². The maximum absolute atomic E-state index is 11.5. The predicted octanol–water partition coefficient (Wildman–Crippen LogP) is 0.463. The Balaban J connectivity index is 2.58. The Bertz CT molecular complexity index is 252. The van der Waals surface area contributed by atoms with Crippen molar-refractivity contribution in [2.75, 3.05) is 20.6 Å². The Hall–Kier alpha value is -1.26. The van der Waals surface area contributed by atoms with Gasteiger partial charge < -0.3 is 14.9 Å². The normalized spacial score (nSPS) is 22.5. The third-order valence-corrected chi connectivity index (χ3v) is 2.66. The summed E-state index contributed by atoms with van der Waals surface area (Å²) in [6.45, 7) is 2.31. The van der Waals surface area contributed by atoms with Crippen LogP contribution in [0.25, 0.3) is 0 Å². The third kappa shape index (κ3) is 1.81. The lowest BCUT2D eigenvalue weighted by atomic mass is 9.91. The van der Waals surface area contributed by atoms with Gasteiger partial charge in [0.25, 0.3) is 0 Å². The summed E-state index contributed by atoms with van der Waals surface area (Å²) in [5.41, 5.74) is 0. The lowest BCUT2D eigenvalue weighted by molar-refractivity contribution is -0.144. The number of carboxylic acid groups (broad SMARTS) is 1. The Morgan fingerprint density at radius 1 is 1.50 bits per heavy atom. The number of hydrogen-bond acceptors (Lipinski definition) is 2. The first-order valence-corrected chi connectivity index (χ1v) is 4.66. The number of carboxylic acids is 1. The Labute approximate surface area is 83.3 Å². The van der Waals surface area contributed by atoms with E-state index in [-0.39, 0.29) is 12.1 Å². The molecule has 0 aromatic heterocycles. The van der Waals surface area contributed by atoms with Gasteiger partial charge in [-0.25, -0.2) is 4.79 Å². The van der Waals surface area contributed by atoms with Gasteiger partial charge in [0.05, 0.1) is 5.92 Å². The second-order valence-corrected chi connectivity index (χ2v) is 3.85. The highest BCUT2D eigenvalue weighted by molar-refractivity contribution is 5.77. The van der Waals surface area contributed by atoms with Gasteiger partial charge in [0.1, 0.15) is 0 Å². The van der Waals surface area contributed by atoms with E-state index in [1.807, 2.05) is 0 Å². The summed E-state index contributed by atoms with van der Waals surface area (Å²) in [6, 6.07) is -0.239. The second kappa shape index (κ2) is 3.86. The fraction of sp³-hybridized carbons (Fsp3) is 0.778. The Morgan fingerprint density at radius 3 is 2.36 bits per heavy atom. The van der Waals surface area contributed by atoms with Crippen molar-refractivity contribution in [2.45, 2.75) is 19.4 Å². The predicted molar refractivity (Wildman–Crippen MR) is 51.0 cm³/mol. The number of amides is 2. The van der Waals surface area contributed by atoms with Crippen molar-refractivity contribution in [3.63, 3.8) is 0 Å². The first kappa shape index (κ1) is 10.8. The molecule has 2 unspecified atom stereocenters. The molecule has 0 saturated carbocycles. The van der Waals surface area contributed by atoms with Crippen LogP contribution in [0.2, 0.25) is 0 Å². The van der Waals surface area contributed by atoms with Crippen LogP contribution in [0.4, 0.5) is 4.79 Å². The minimum absolute atomic E-state index is 0.102. The highest BCUT2D eigenvalue weighted by Gasteiger charge is 2.39. The van der Waals surface area contributed by atoms with Gasteiger partial charge in [0, 0.05) is 26.7 Å². The first-order chi connectivity index (χ1) is 6.45. The molecule has 1 saturated heterocycles. The number of likely N-dealkylation sites (tertiary alicyclic amines) is 1. The summed E-state index contributed by atoms with van der Waals surface area (Å²) in [7, 11) is 3.34. The summed E-state index contributed by atoms with van der Waals surface area (Å²) in [4.78, 5) is 25.3. The zero-order chi connectivity index (χ0) is 10.9. The van der Waals surface area contributed by atoms with Crippen molar-refractivity contribution in [2.24, 2.45) is 5.92 Å². The van der Waals surface area contributed by atoms with Gasteiger partial charge in [-0.15, -0.1) is 0 Å². The minimum Gasteiger partial charge on any atom is -0.481 e. The van der Waals surface area contributed by atoms with Crippen LogP contribution < -0.4 is 0 Å². The van der Waals surface area contributed by atoms with Crippen molar-refractivity contribution in [3.05, 3.63) is 0 Å². The fourth-order valence-electron chi connectivity index (χ4n) is 1.59. The average molecular weight is 200 g/mol. The van der Waals surface area contributed by atoms with Gasteiger partial charge in [-0.2, -0.15) is 0 Å². The maximum Gasteiger partial charge on any atom is 0.319 e. The standard InChI is InChI=1S/C9H16N2O3/c1-6(8(12)13)7-4-5-11(7)9(14)10(2)3/h6-7H,4-5H2,1-3H3,(H,12,13). The van der Waals surface area contributed by atoms with Gasteiger partial charge in [0.15, 0.2) is 0 Å². The SMILES string of the molecule is CC(C(=O)O)C1CCN1C(=O)N(C)C. The van der Waals surface area contributed by atoms with Crippen molar-refractivity contribution in [1.29, 1.82) is 0 Å². The van der Waals surface area contributed by atoms with E-state index in [1.54, 1.807) is 25.9 Å². The van der Waals surface area contributed by atoms with Gasteiger partial charge in [-0.3, -0.25) is 4.79 Å². The maximum atomic E-state index is 11.5. The Kier molecular flexibility index (Phi) is 2.98. The van der Waals surface area contributed by atoms with Gasteiger partial charge in [-0.05, 0) is 13.3 Å². The summed E-state index contributed by atoms with van der Waals surface area (Å²) < 4.78 is 0. The van der Waals surface area contributed by atoms with E-state index >= 15 is 0 Å². The van der Waals surface area contributed by atoms with Crippen LogP contribution >= 0.6 is 0 Å². The van der Waals surface area contributed by atoms with Crippen LogP contribution in [0.15, 0.2) is 0 Å². The molecule has 0 aliphatic carbocycles. The van der Waals surface area contributed by atoms with Gasteiger partial charge in [-0.1, -0.05) is 0 Å².